The van der Waals surface area contributed by atoms with Crippen molar-refractivity contribution in [2.24, 2.45) is 22.9 Å². The number of sulfonamides is 1. The van der Waals surface area contributed by atoms with Gasteiger partial charge in [-0.15, -0.1) is 0 Å². The highest BCUT2D eigenvalue weighted by Gasteiger charge is 2.51. The van der Waals surface area contributed by atoms with Crippen LogP contribution < -0.4 is 14.5 Å². The Morgan fingerprint density at radius 1 is 1.00 bits per heavy atom. The zero-order valence-corrected chi connectivity index (χ0v) is 22.8. The average molecular weight is 524 g/mol. The quantitative estimate of drug-likeness (QED) is 0.376. The van der Waals surface area contributed by atoms with Gasteiger partial charge in [-0.25, -0.2) is 13.8 Å². The van der Waals surface area contributed by atoms with Crippen molar-refractivity contribution in [2.45, 2.75) is 57.8 Å². The van der Waals surface area contributed by atoms with E-state index in [2.05, 4.69) is 22.7 Å². The molecule has 1 N–H and O–H groups in total. The summed E-state index contributed by atoms with van der Waals surface area (Å²) in [7, 11) is -3.66. The van der Waals surface area contributed by atoms with Crippen LogP contribution in [0.15, 0.2) is 53.6 Å². The van der Waals surface area contributed by atoms with Crippen LogP contribution >= 0.6 is 0 Å². The summed E-state index contributed by atoms with van der Waals surface area (Å²) in [6.45, 7) is 3.96. The Morgan fingerprint density at radius 3 is 2.08 bits per heavy atom. The summed E-state index contributed by atoms with van der Waals surface area (Å²) < 4.78 is 31.8. The Hall–Kier alpha value is -2.87. The number of nitrogens with zero attached hydrogens (tertiary/aromatic N) is 2. The fourth-order valence-corrected chi connectivity index (χ4v) is 8.04. The van der Waals surface area contributed by atoms with Gasteiger partial charge in [-0.2, -0.15) is 5.10 Å². The number of amides is 1. The van der Waals surface area contributed by atoms with Gasteiger partial charge in [-0.05, 0) is 123 Å². The summed E-state index contributed by atoms with van der Waals surface area (Å²) in [6.07, 6.45) is 9.03. The van der Waals surface area contributed by atoms with Gasteiger partial charge < -0.3 is 4.74 Å². The van der Waals surface area contributed by atoms with Crippen LogP contribution in [0.2, 0.25) is 0 Å². The van der Waals surface area contributed by atoms with E-state index in [9.17, 15) is 13.2 Å². The molecule has 0 spiro atoms. The minimum Gasteiger partial charge on any atom is -0.494 e. The summed E-state index contributed by atoms with van der Waals surface area (Å²) in [6, 6.07) is 15.3. The molecule has 198 valence electrons. The van der Waals surface area contributed by atoms with Gasteiger partial charge >= 0.3 is 0 Å². The first-order valence-corrected chi connectivity index (χ1v) is 15.1. The lowest BCUT2D eigenvalue weighted by molar-refractivity contribution is -0.119. The first kappa shape index (κ1) is 25.8. The molecular weight excluding hydrogens is 486 g/mol. The Balaban J connectivity index is 1.27. The second kappa shape index (κ2) is 10.1. The highest BCUT2D eigenvalue weighted by atomic mass is 32.2. The number of carbonyl (C=O) groups is 1. The molecule has 4 aliphatic rings. The molecule has 0 heterocycles. The van der Waals surface area contributed by atoms with E-state index in [1.165, 1.54) is 44.1 Å². The highest BCUT2D eigenvalue weighted by Crippen LogP contribution is 2.60. The van der Waals surface area contributed by atoms with Gasteiger partial charge in [0.2, 0.25) is 10.0 Å². The number of hydrogen-bond acceptors (Lipinski definition) is 5. The summed E-state index contributed by atoms with van der Waals surface area (Å²) in [5, 5.41) is 4.17. The molecule has 4 saturated carbocycles. The van der Waals surface area contributed by atoms with E-state index in [-0.39, 0.29) is 12.0 Å². The lowest BCUT2D eigenvalue weighted by Gasteiger charge is -2.57. The third-order valence-corrected chi connectivity index (χ3v) is 9.57. The molecule has 0 aromatic heterocycles. The maximum atomic E-state index is 12.7. The minimum absolute atomic E-state index is 0.244. The van der Waals surface area contributed by atoms with Crippen molar-refractivity contribution < 1.29 is 17.9 Å². The van der Waals surface area contributed by atoms with Gasteiger partial charge in [-0.1, -0.05) is 12.1 Å². The molecule has 4 fully saturated rings. The number of carbonyl (C=O) groups excluding carboxylic acids is 1. The van der Waals surface area contributed by atoms with Gasteiger partial charge in [0.15, 0.2) is 0 Å². The van der Waals surface area contributed by atoms with E-state index in [0.717, 1.165) is 39.6 Å². The number of anilines is 1. The average Bonchev–Trinajstić information content (AvgIpc) is 2.85. The molecule has 2 aromatic rings. The smallest absolute Gasteiger partial charge is 0.260 e. The van der Waals surface area contributed by atoms with Crippen molar-refractivity contribution >= 4 is 27.3 Å². The minimum atomic E-state index is -3.66. The van der Waals surface area contributed by atoms with E-state index < -0.39 is 15.9 Å². The molecule has 0 aliphatic heterocycles. The predicted octanol–water partition coefficient (Wildman–Crippen LogP) is 4.86. The fourth-order valence-electron chi connectivity index (χ4n) is 7.18. The molecule has 0 saturated heterocycles. The van der Waals surface area contributed by atoms with Crippen LogP contribution in [0, 0.1) is 17.8 Å². The van der Waals surface area contributed by atoms with Crippen LogP contribution in [-0.2, 0) is 20.2 Å². The predicted molar refractivity (Wildman–Crippen MR) is 146 cm³/mol. The van der Waals surface area contributed by atoms with Crippen molar-refractivity contribution in [3.05, 3.63) is 59.7 Å². The first-order valence-electron chi connectivity index (χ1n) is 13.3. The maximum Gasteiger partial charge on any atom is 0.260 e. The second-order valence-electron chi connectivity index (χ2n) is 11.2. The molecule has 0 unspecified atom stereocenters. The zero-order chi connectivity index (χ0) is 26.2. The Labute approximate surface area is 220 Å². The van der Waals surface area contributed by atoms with Gasteiger partial charge in [0.1, 0.15) is 12.3 Å². The molecular formula is C29H37N3O4S. The monoisotopic (exact) mass is 523 g/mol. The number of nitrogens with one attached hydrogen (secondary N) is 1. The molecule has 0 atom stereocenters. The van der Waals surface area contributed by atoms with Gasteiger partial charge in [0.05, 0.1) is 24.3 Å². The SMILES string of the molecule is CCOc1ccc(/C(C)=N\NC(=O)CN(c2ccc(C34CC5CC(CC(C5)C3)C4)cc2)S(C)(=O)=O)cc1. The third kappa shape index (κ3) is 5.54. The van der Waals surface area contributed by atoms with Crippen LogP contribution in [0.4, 0.5) is 5.69 Å². The van der Waals surface area contributed by atoms with E-state index in [1.807, 2.05) is 43.3 Å². The van der Waals surface area contributed by atoms with Crippen molar-refractivity contribution in [1.29, 1.82) is 0 Å². The first-order chi connectivity index (χ1) is 17.6. The van der Waals surface area contributed by atoms with Gasteiger partial charge in [-0.3, -0.25) is 9.10 Å². The fraction of sp³-hybridized carbons (Fsp3) is 0.517. The van der Waals surface area contributed by atoms with Crippen molar-refractivity contribution in [3.63, 3.8) is 0 Å². The summed E-state index contributed by atoms with van der Waals surface area (Å²) in [5.74, 6) is 2.79. The van der Waals surface area contributed by atoms with Crippen molar-refractivity contribution in [3.8, 4) is 5.75 Å². The highest BCUT2D eigenvalue weighted by molar-refractivity contribution is 7.92. The maximum absolute atomic E-state index is 12.7. The number of rotatable bonds is 9. The number of hydrazone groups is 1. The molecule has 4 bridgehead atoms. The van der Waals surface area contributed by atoms with Gasteiger partial charge in [0.25, 0.3) is 5.91 Å². The van der Waals surface area contributed by atoms with Crippen molar-refractivity contribution in [1.82, 2.24) is 5.43 Å². The van der Waals surface area contributed by atoms with Crippen LogP contribution in [-0.4, -0.2) is 39.4 Å². The Bertz CT molecular complexity index is 1230. The molecule has 6 rings (SSSR count). The van der Waals surface area contributed by atoms with Crippen LogP contribution in [0.3, 0.4) is 0 Å². The van der Waals surface area contributed by atoms with Crippen molar-refractivity contribution in [2.75, 3.05) is 23.7 Å². The molecule has 4 aliphatic carbocycles. The van der Waals surface area contributed by atoms with Crippen LogP contribution in [0.1, 0.15) is 63.5 Å². The molecule has 37 heavy (non-hydrogen) atoms. The lowest BCUT2D eigenvalue weighted by atomic mass is 9.48. The summed E-state index contributed by atoms with van der Waals surface area (Å²) in [4.78, 5) is 12.7. The van der Waals surface area contributed by atoms with E-state index in [4.69, 9.17) is 4.74 Å². The summed E-state index contributed by atoms with van der Waals surface area (Å²) >= 11 is 0. The van der Waals surface area contributed by atoms with E-state index in [0.29, 0.717) is 18.0 Å². The number of benzene rings is 2. The van der Waals surface area contributed by atoms with Crippen LogP contribution in [0.25, 0.3) is 0 Å². The molecule has 2 aromatic carbocycles. The lowest BCUT2D eigenvalue weighted by Crippen LogP contribution is -2.48. The molecule has 8 heteroatoms. The number of ether oxygens (including phenoxy) is 1. The largest absolute Gasteiger partial charge is 0.494 e. The standard InChI is InChI=1S/C29H37N3O4S/c1-4-36-27-11-5-24(6-12-27)20(2)30-31-28(33)19-32(37(3,34)35)26-9-7-25(8-10-26)29-16-21-13-22(17-29)15-23(14-21)18-29/h5-12,21-23H,4,13-19H2,1-3H3,(H,31,33)/b30-20-. The van der Waals surface area contributed by atoms with E-state index >= 15 is 0 Å². The Morgan fingerprint density at radius 2 is 1.57 bits per heavy atom. The van der Waals surface area contributed by atoms with Crippen LogP contribution in [0.5, 0.6) is 5.75 Å². The Kier molecular flexibility index (Phi) is 7.05. The number of hydrogen-bond donors (Lipinski definition) is 1. The second-order valence-corrected chi connectivity index (χ2v) is 13.1. The normalized spacial score (nSPS) is 26.7. The third-order valence-electron chi connectivity index (χ3n) is 8.42. The van der Waals surface area contributed by atoms with Gasteiger partial charge in [0, 0.05) is 0 Å². The molecule has 1 amide bonds. The van der Waals surface area contributed by atoms with E-state index in [1.54, 1.807) is 6.92 Å². The summed E-state index contributed by atoms with van der Waals surface area (Å²) in [5.41, 5.74) is 6.02. The molecule has 0 radical (unpaired) electrons. The zero-order valence-electron chi connectivity index (χ0n) is 21.9. The topological polar surface area (TPSA) is 88.1 Å². The molecule has 7 nitrogen and oxygen atoms in total.